The van der Waals surface area contributed by atoms with Crippen molar-refractivity contribution in [2.75, 3.05) is 23.4 Å². The van der Waals surface area contributed by atoms with E-state index < -0.39 is 11.9 Å². The van der Waals surface area contributed by atoms with Gasteiger partial charge in [-0.15, -0.1) is 0 Å². The highest BCUT2D eigenvalue weighted by atomic mass is 16.5. The zero-order valence-corrected chi connectivity index (χ0v) is 15.8. The number of nitrogens with one attached hydrogen (secondary N) is 1. The standard InChI is InChI=1S/C21H24N2O4/c1-4-23(16-10-8-9-15(3)13-16)20(25)14-19(24)22-18-12-7-6-11-17(18)21(26)27-5-2/h6-13H,4-5,14H2,1-3H3,(H,22,24). The van der Waals surface area contributed by atoms with E-state index >= 15 is 0 Å². The summed E-state index contributed by atoms with van der Waals surface area (Å²) in [5.41, 5.74) is 2.37. The molecule has 6 heteroatoms. The predicted octanol–water partition coefficient (Wildman–Crippen LogP) is 3.55. The van der Waals surface area contributed by atoms with Gasteiger partial charge in [0, 0.05) is 12.2 Å². The molecule has 0 radical (unpaired) electrons. The molecule has 0 aliphatic heterocycles. The third-order valence-electron chi connectivity index (χ3n) is 3.94. The number of ether oxygens (including phenoxy) is 1. The van der Waals surface area contributed by atoms with Crippen molar-refractivity contribution in [2.24, 2.45) is 0 Å². The maximum atomic E-state index is 12.6. The maximum Gasteiger partial charge on any atom is 0.340 e. The average molecular weight is 368 g/mol. The largest absolute Gasteiger partial charge is 0.462 e. The number of amides is 2. The molecule has 0 aromatic heterocycles. The van der Waals surface area contributed by atoms with Crippen LogP contribution in [0.15, 0.2) is 48.5 Å². The summed E-state index contributed by atoms with van der Waals surface area (Å²) in [6, 6.07) is 14.1. The molecule has 27 heavy (non-hydrogen) atoms. The van der Waals surface area contributed by atoms with Crippen LogP contribution in [0.25, 0.3) is 0 Å². The number of carbonyl (C=O) groups excluding carboxylic acids is 3. The van der Waals surface area contributed by atoms with Crippen molar-refractivity contribution in [3.05, 3.63) is 59.7 Å². The first-order valence-corrected chi connectivity index (χ1v) is 8.89. The van der Waals surface area contributed by atoms with Gasteiger partial charge in [-0.3, -0.25) is 9.59 Å². The third-order valence-corrected chi connectivity index (χ3v) is 3.94. The molecular formula is C21H24N2O4. The van der Waals surface area contributed by atoms with Gasteiger partial charge < -0.3 is 15.0 Å². The van der Waals surface area contributed by atoms with Gasteiger partial charge in [-0.25, -0.2) is 4.79 Å². The molecule has 0 atom stereocenters. The van der Waals surface area contributed by atoms with Crippen molar-refractivity contribution in [1.82, 2.24) is 0 Å². The quantitative estimate of drug-likeness (QED) is 0.599. The van der Waals surface area contributed by atoms with Gasteiger partial charge in [0.1, 0.15) is 6.42 Å². The van der Waals surface area contributed by atoms with Crippen LogP contribution >= 0.6 is 0 Å². The van der Waals surface area contributed by atoms with E-state index in [9.17, 15) is 14.4 Å². The normalized spacial score (nSPS) is 10.2. The molecular weight excluding hydrogens is 344 g/mol. The molecule has 0 fully saturated rings. The Hall–Kier alpha value is -3.15. The number of carbonyl (C=O) groups is 3. The summed E-state index contributed by atoms with van der Waals surface area (Å²) in [5.74, 6) is -1.31. The molecule has 0 aliphatic carbocycles. The number of hydrogen-bond donors (Lipinski definition) is 1. The predicted molar refractivity (Wildman–Crippen MR) is 105 cm³/mol. The number of hydrogen-bond acceptors (Lipinski definition) is 4. The zero-order valence-electron chi connectivity index (χ0n) is 15.8. The number of para-hydroxylation sites is 1. The van der Waals surface area contributed by atoms with Gasteiger partial charge in [0.25, 0.3) is 0 Å². The van der Waals surface area contributed by atoms with Crippen LogP contribution in [0.5, 0.6) is 0 Å². The van der Waals surface area contributed by atoms with E-state index in [1.807, 2.05) is 38.1 Å². The van der Waals surface area contributed by atoms with Crippen LogP contribution in [0.3, 0.4) is 0 Å². The Morgan fingerprint density at radius 3 is 2.44 bits per heavy atom. The summed E-state index contributed by atoms with van der Waals surface area (Å²) in [6.45, 7) is 6.20. The average Bonchev–Trinajstić information content (AvgIpc) is 2.63. The van der Waals surface area contributed by atoms with Crippen LogP contribution in [0, 0.1) is 6.92 Å². The van der Waals surface area contributed by atoms with Gasteiger partial charge >= 0.3 is 5.97 Å². The molecule has 2 aromatic rings. The maximum absolute atomic E-state index is 12.6. The molecule has 2 aromatic carbocycles. The Morgan fingerprint density at radius 2 is 1.78 bits per heavy atom. The fourth-order valence-electron chi connectivity index (χ4n) is 2.70. The molecule has 6 nitrogen and oxygen atoms in total. The SMILES string of the molecule is CCOC(=O)c1ccccc1NC(=O)CC(=O)N(CC)c1cccc(C)c1. The lowest BCUT2D eigenvalue weighted by molar-refractivity contribution is -0.125. The highest BCUT2D eigenvalue weighted by molar-refractivity contribution is 6.10. The highest BCUT2D eigenvalue weighted by Crippen LogP contribution is 2.19. The number of benzene rings is 2. The topological polar surface area (TPSA) is 75.7 Å². The fraction of sp³-hybridized carbons (Fsp3) is 0.286. The molecule has 2 rings (SSSR count). The van der Waals surface area contributed by atoms with Crippen LogP contribution < -0.4 is 10.2 Å². The fourth-order valence-corrected chi connectivity index (χ4v) is 2.70. The van der Waals surface area contributed by atoms with Crippen LogP contribution in [0.2, 0.25) is 0 Å². The van der Waals surface area contributed by atoms with E-state index in [1.54, 1.807) is 36.1 Å². The Morgan fingerprint density at radius 1 is 1.04 bits per heavy atom. The van der Waals surface area contributed by atoms with E-state index in [0.717, 1.165) is 11.3 Å². The number of nitrogens with zero attached hydrogens (tertiary/aromatic N) is 1. The molecule has 0 saturated carbocycles. The number of rotatable bonds is 7. The lowest BCUT2D eigenvalue weighted by atomic mass is 10.1. The Bertz CT molecular complexity index is 832. The summed E-state index contributed by atoms with van der Waals surface area (Å²) in [4.78, 5) is 38.5. The van der Waals surface area contributed by atoms with Gasteiger partial charge in [-0.2, -0.15) is 0 Å². The number of esters is 1. The molecule has 0 aliphatic rings. The van der Waals surface area contributed by atoms with Crippen LogP contribution in [0.1, 0.15) is 36.2 Å². The van der Waals surface area contributed by atoms with Crippen LogP contribution in [-0.2, 0) is 14.3 Å². The van der Waals surface area contributed by atoms with Gasteiger partial charge in [0.15, 0.2) is 0 Å². The van der Waals surface area contributed by atoms with E-state index in [1.165, 1.54) is 0 Å². The second-order valence-electron chi connectivity index (χ2n) is 5.97. The molecule has 1 N–H and O–H groups in total. The first-order valence-electron chi connectivity index (χ1n) is 8.89. The van der Waals surface area contributed by atoms with Crippen molar-refractivity contribution in [3.63, 3.8) is 0 Å². The van der Waals surface area contributed by atoms with Gasteiger partial charge in [0.05, 0.1) is 17.9 Å². The zero-order chi connectivity index (χ0) is 19.8. The number of aryl methyl sites for hydroxylation is 1. The van der Waals surface area contributed by atoms with Crippen molar-refractivity contribution < 1.29 is 19.1 Å². The first-order chi connectivity index (χ1) is 13.0. The van der Waals surface area contributed by atoms with E-state index in [4.69, 9.17) is 4.74 Å². The van der Waals surface area contributed by atoms with E-state index in [-0.39, 0.29) is 24.5 Å². The summed E-state index contributed by atoms with van der Waals surface area (Å²) < 4.78 is 4.99. The smallest absolute Gasteiger partial charge is 0.340 e. The van der Waals surface area contributed by atoms with E-state index in [2.05, 4.69) is 5.32 Å². The molecule has 0 spiro atoms. The minimum Gasteiger partial charge on any atom is -0.462 e. The minimum atomic E-state index is -0.519. The molecule has 142 valence electrons. The van der Waals surface area contributed by atoms with Gasteiger partial charge in [-0.05, 0) is 50.6 Å². The Balaban J connectivity index is 2.09. The van der Waals surface area contributed by atoms with E-state index in [0.29, 0.717) is 12.2 Å². The first kappa shape index (κ1) is 20.2. The van der Waals surface area contributed by atoms with Crippen LogP contribution in [-0.4, -0.2) is 30.9 Å². The summed E-state index contributed by atoms with van der Waals surface area (Å²) in [6.07, 6.45) is -0.320. The molecule has 2 amide bonds. The van der Waals surface area contributed by atoms with Crippen molar-refractivity contribution >= 4 is 29.2 Å². The molecule has 0 heterocycles. The molecule has 0 bridgehead atoms. The highest BCUT2D eigenvalue weighted by Gasteiger charge is 2.19. The monoisotopic (exact) mass is 368 g/mol. The van der Waals surface area contributed by atoms with Crippen molar-refractivity contribution in [2.45, 2.75) is 27.2 Å². The van der Waals surface area contributed by atoms with Crippen LogP contribution in [0.4, 0.5) is 11.4 Å². The summed E-state index contributed by atoms with van der Waals surface area (Å²) >= 11 is 0. The second kappa shape index (κ2) is 9.52. The van der Waals surface area contributed by atoms with Crippen molar-refractivity contribution in [3.8, 4) is 0 Å². The van der Waals surface area contributed by atoms with Gasteiger partial charge in [0.2, 0.25) is 11.8 Å². The second-order valence-corrected chi connectivity index (χ2v) is 5.97. The van der Waals surface area contributed by atoms with Crippen molar-refractivity contribution in [1.29, 1.82) is 0 Å². The minimum absolute atomic E-state index is 0.238. The summed E-state index contributed by atoms with van der Waals surface area (Å²) in [5, 5.41) is 2.64. The number of anilines is 2. The Labute approximate surface area is 159 Å². The van der Waals surface area contributed by atoms with Gasteiger partial charge in [-0.1, -0.05) is 24.3 Å². The molecule has 0 unspecified atom stereocenters. The summed E-state index contributed by atoms with van der Waals surface area (Å²) in [7, 11) is 0. The molecule has 0 saturated heterocycles. The third kappa shape index (κ3) is 5.41. The lowest BCUT2D eigenvalue weighted by Gasteiger charge is -2.21. The Kier molecular flexibility index (Phi) is 7.11. The lowest BCUT2D eigenvalue weighted by Crippen LogP contribution is -2.33.